The fourth-order valence-corrected chi connectivity index (χ4v) is 2.16. The van der Waals surface area contributed by atoms with Crippen LogP contribution >= 0.6 is 15.9 Å². The maximum absolute atomic E-state index is 12.3. The SMILES string of the molecule is CCCNc1nc(C)cc(C(=O)Nc2cccc(Br)c2)n1. The molecule has 1 aromatic carbocycles. The summed E-state index contributed by atoms with van der Waals surface area (Å²) >= 11 is 3.37. The van der Waals surface area contributed by atoms with Crippen LogP contribution in [0.2, 0.25) is 0 Å². The highest BCUT2D eigenvalue weighted by Crippen LogP contribution is 2.16. The lowest BCUT2D eigenvalue weighted by atomic mass is 10.3. The lowest BCUT2D eigenvalue weighted by Crippen LogP contribution is -2.16. The van der Waals surface area contributed by atoms with Crippen LogP contribution in [0.4, 0.5) is 11.6 Å². The van der Waals surface area contributed by atoms with Gasteiger partial charge < -0.3 is 10.6 Å². The normalized spacial score (nSPS) is 10.2. The highest BCUT2D eigenvalue weighted by Gasteiger charge is 2.11. The molecule has 2 rings (SSSR count). The Labute approximate surface area is 132 Å². The van der Waals surface area contributed by atoms with Crippen molar-refractivity contribution in [3.63, 3.8) is 0 Å². The van der Waals surface area contributed by atoms with Crippen LogP contribution in [0.5, 0.6) is 0 Å². The predicted molar refractivity (Wildman–Crippen MR) is 87.6 cm³/mol. The van der Waals surface area contributed by atoms with Crippen LogP contribution < -0.4 is 10.6 Å². The summed E-state index contributed by atoms with van der Waals surface area (Å²) in [5.41, 5.74) is 1.82. The number of aromatic nitrogens is 2. The third kappa shape index (κ3) is 4.53. The number of benzene rings is 1. The molecule has 2 aromatic rings. The summed E-state index contributed by atoms with van der Waals surface area (Å²) in [5, 5.41) is 5.92. The maximum atomic E-state index is 12.3. The molecule has 0 saturated carbocycles. The Morgan fingerprint density at radius 3 is 2.81 bits per heavy atom. The summed E-state index contributed by atoms with van der Waals surface area (Å²) in [4.78, 5) is 20.8. The molecule has 0 atom stereocenters. The van der Waals surface area contributed by atoms with E-state index in [4.69, 9.17) is 0 Å². The largest absolute Gasteiger partial charge is 0.354 e. The first kappa shape index (κ1) is 15.4. The average molecular weight is 349 g/mol. The lowest BCUT2D eigenvalue weighted by molar-refractivity contribution is 0.102. The first-order chi connectivity index (χ1) is 10.1. The molecule has 0 aliphatic carbocycles. The molecule has 0 bridgehead atoms. The van der Waals surface area contributed by atoms with E-state index in [9.17, 15) is 4.79 Å². The zero-order valence-electron chi connectivity index (χ0n) is 12.0. The van der Waals surface area contributed by atoms with E-state index in [0.29, 0.717) is 17.3 Å². The van der Waals surface area contributed by atoms with Crippen molar-refractivity contribution in [3.8, 4) is 0 Å². The van der Waals surface area contributed by atoms with Gasteiger partial charge in [0.25, 0.3) is 5.91 Å². The number of carbonyl (C=O) groups is 1. The van der Waals surface area contributed by atoms with Crippen LogP contribution in [0.1, 0.15) is 29.5 Å². The van der Waals surface area contributed by atoms with Gasteiger partial charge in [-0.3, -0.25) is 4.79 Å². The number of nitrogens with zero attached hydrogens (tertiary/aromatic N) is 2. The molecule has 0 spiro atoms. The Morgan fingerprint density at radius 1 is 1.29 bits per heavy atom. The van der Waals surface area contributed by atoms with E-state index >= 15 is 0 Å². The van der Waals surface area contributed by atoms with Crippen LogP contribution in [0.3, 0.4) is 0 Å². The van der Waals surface area contributed by atoms with E-state index in [1.807, 2.05) is 31.2 Å². The summed E-state index contributed by atoms with van der Waals surface area (Å²) in [6, 6.07) is 9.09. The van der Waals surface area contributed by atoms with Crippen molar-refractivity contribution in [2.75, 3.05) is 17.2 Å². The van der Waals surface area contributed by atoms with E-state index in [1.54, 1.807) is 6.07 Å². The Balaban J connectivity index is 2.16. The number of rotatable bonds is 5. The van der Waals surface area contributed by atoms with Crippen LogP contribution in [-0.2, 0) is 0 Å². The number of anilines is 2. The highest BCUT2D eigenvalue weighted by atomic mass is 79.9. The number of carbonyl (C=O) groups excluding carboxylic acids is 1. The predicted octanol–water partition coefficient (Wildman–Crippen LogP) is 3.62. The zero-order chi connectivity index (χ0) is 15.2. The van der Waals surface area contributed by atoms with Crippen molar-refractivity contribution in [2.45, 2.75) is 20.3 Å². The molecule has 0 fully saturated rings. The van der Waals surface area contributed by atoms with Gasteiger partial charge in [0, 0.05) is 22.4 Å². The number of nitrogens with one attached hydrogen (secondary N) is 2. The summed E-state index contributed by atoms with van der Waals surface area (Å²) in [6.07, 6.45) is 0.969. The molecular weight excluding hydrogens is 332 g/mol. The third-order valence-electron chi connectivity index (χ3n) is 2.70. The second kappa shape index (κ2) is 7.17. The van der Waals surface area contributed by atoms with E-state index < -0.39 is 0 Å². The summed E-state index contributed by atoms with van der Waals surface area (Å²) in [5.74, 6) is 0.231. The molecule has 1 amide bonds. The van der Waals surface area contributed by atoms with Gasteiger partial charge in [-0.2, -0.15) is 0 Å². The average Bonchev–Trinajstić information content (AvgIpc) is 2.44. The van der Waals surface area contributed by atoms with Crippen molar-refractivity contribution >= 4 is 33.5 Å². The lowest BCUT2D eigenvalue weighted by Gasteiger charge is -2.08. The minimum absolute atomic E-state index is 0.252. The fourth-order valence-electron chi connectivity index (χ4n) is 1.76. The Bertz CT molecular complexity index is 645. The molecule has 1 heterocycles. The third-order valence-corrected chi connectivity index (χ3v) is 3.20. The van der Waals surface area contributed by atoms with Crippen molar-refractivity contribution in [3.05, 3.63) is 46.2 Å². The summed E-state index contributed by atoms with van der Waals surface area (Å²) in [7, 11) is 0. The van der Waals surface area contributed by atoms with Gasteiger partial charge in [-0.15, -0.1) is 0 Å². The topological polar surface area (TPSA) is 66.9 Å². The molecule has 6 heteroatoms. The molecular formula is C15H17BrN4O. The quantitative estimate of drug-likeness (QED) is 0.865. The first-order valence-corrected chi connectivity index (χ1v) is 7.54. The maximum Gasteiger partial charge on any atom is 0.274 e. The molecule has 0 radical (unpaired) electrons. The van der Waals surface area contributed by atoms with Crippen LogP contribution in [0, 0.1) is 6.92 Å². The number of amides is 1. The summed E-state index contributed by atoms with van der Waals surface area (Å²) < 4.78 is 0.907. The number of aryl methyl sites for hydroxylation is 1. The minimum Gasteiger partial charge on any atom is -0.354 e. The standard InChI is InChI=1S/C15H17BrN4O/c1-3-7-17-15-18-10(2)8-13(20-15)14(21)19-12-6-4-5-11(16)9-12/h4-6,8-9H,3,7H2,1-2H3,(H,19,21)(H,17,18,20). The molecule has 0 aliphatic heterocycles. The number of hydrogen-bond donors (Lipinski definition) is 2. The van der Waals surface area contributed by atoms with E-state index in [0.717, 1.165) is 23.1 Å². The van der Waals surface area contributed by atoms with E-state index in [1.165, 1.54) is 0 Å². The van der Waals surface area contributed by atoms with Crippen molar-refractivity contribution in [1.82, 2.24) is 9.97 Å². The van der Waals surface area contributed by atoms with Gasteiger partial charge in [-0.25, -0.2) is 9.97 Å². The molecule has 21 heavy (non-hydrogen) atoms. The van der Waals surface area contributed by atoms with Gasteiger partial charge >= 0.3 is 0 Å². The molecule has 0 unspecified atom stereocenters. The highest BCUT2D eigenvalue weighted by molar-refractivity contribution is 9.10. The van der Waals surface area contributed by atoms with Gasteiger partial charge in [0.2, 0.25) is 5.95 Å². The zero-order valence-corrected chi connectivity index (χ0v) is 13.6. The van der Waals surface area contributed by atoms with Crippen molar-refractivity contribution in [1.29, 1.82) is 0 Å². The second-order valence-electron chi connectivity index (χ2n) is 4.61. The van der Waals surface area contributed by atoms with Crippen LogP contribution in [0.15, 0.2) is 34.8 Å². The first-order valence-electron chi connectivity index (χ1n) is 6.75. The van der Waals surface area contributed by atoms with Crippen molar-refractivity contribution in [2.24, 2.45) is 0 Å². The molecule has 0 saturated heterocycles. The van der Waals surface area contributed by atoms with Crippen LogP contribution in [0.25, 0.3) is 0 Å². The fraction of sp³-hybridized carbons (Fsp3) is 0.267. The van der Waals surface area contributed by atoms with E-state index in [-0.39, 0.29) is 5.91 Å². The number of halogens is 1. The monoisotopic (exact) mass is 348 g/mol. The van der Waals surface area contributed by atoms with Crippen molar-refractivity contribution < 1.29 is 4.79 Å². The van der Waals surface area contributed by atoms with Gasteiger partial charge in [0.05, 0.1) is 0 Å². The summed E-state index contributed by atoms with van der Waals surface area (Å²) in [6.45, 7) is 4.68. The van der Waals surface area contributed by atoms with Crippen LogP contribution in [-0.4, -0.2) is 22.4 Å². The Hall–Kier alpha value is -1.95. The van der Waals surface area contributed by atoms with Gasteiger partial charge in [-0.1, -0.05) is 28.9 Å². The Kier molecular flexibility index (Phi) is 5.27. The minimum atomic E-state index is -0.252. The smallest absolute Gasteiger partial charge is 0.274 e. The molecule has 5 nitrogen and oxygen atoms in total. The molecule has 0 aliphatic rings. The van der Waals surface area contributed by atoms with Gasteiger partial charge in [0.1, 0.15) is 5.69 Å². The molecule has 2 N–H and O–H groups in total. The Morgan fingerprint density at radius 2 is 2.10 bits per heavy atom. The van der Waals surface area contributed by atoms with Gasteiger partial charge in [0.15, 0.2) is 0 Å². The second-order valence-corrected chi connectivity index (χ2v) is 5.53. The van der Waals surface area contributed by atoms with E-state index in [2.05, 4.69) is 43.5 Å². The molecule has 1 aromatic heterocycles. The molecule has 110 valence electrons. The number of hydrogen-bond acceptors (Lipinski definition) is 4. The van der Waals surface area contributed by atoms with Gasteiger partial charge in [-0.05, 0) is 37.6 Å².